The molecule has 0 saturated heterocycles. The zero-order valence-electron chi connectivity index (χ0n) is 19.7. The van der Waals surface area contributed by atoms with Crippen LogP contribution < -0.4 is 19.6 Å². The smallest absolute Gasteiger partial charge is 0.271 e. The van der Waals surface area contributed by atoms with Crippen molar-refractivity contribution in [1.82, 2.24) is 9.55 Å². The van der Waals surface area contributed by atoms with E-state index in [-0.39, 0.29) is 11.3 Å². The van der Waals surface area contributed by atoms with Crippen LogP contribution in [0.25, 0.3) is 16.8 Å². The molecule has 5 rings (SSSR count). The number of aryl methyl sites for hydroxylation is 2. The van der Waals surface area contributed by atoms with Crippen molar-refractivity contribution in [2.24, 2.45) is 4.99 Å². The highest BCUT2D eigenvalue weighted by Crippen LogP contribution is 2.40. The van der Waals surface area contributed by atoms with Crippen LogP contribution in [0.1, 0.15) is 42.4 Å². The van der Waals surface area contributed by atoms with Crippen LogP contribution in [0.5, 0.6) is 5.75 Å². The van der Waals surface area contributed by atoms with E-state index in [0.717, 1.165) is 33.3 Å². The lowest BCUT2D eigenvalue weighted by molar-refractivity contribution is -0.114. The number of benzene rings is 2. The monoisotopic (exact) mass is 471 g/mol. The largest absolute Gasteiger partial charge is 0.496 e. The van der Waals surface area contributed by atoms with Crippen molar-refractivity contribution in [2.75, 3.05) is 7.11 Å². The second-order valence-electron chi connectivity index (χ2n) is 8.57. The van der Waals surface area contributed by atoms with Gasteiger partial charge in [-0.25, -0.2) is 4.99 Å². The minimum atomic E-state index is -0.633. The molecule has 0 fully saturated rings. The molecule has 7 heteroatoms. The van der Waals surface area contributed by atoms with Gasteiger partial charge in [-0.1, -0.05) is 41.7 Å². The van der Waals surface area contributed by atoms with Crippen LogP contribution in [0.4, 0.5) is 0 Å². The minimum Gasteiger partial charge on any atom is -0.496 e. The van der Waals surface area contributed by atoms with Gasteiger partial charge in [0.15, 0.2) is 10.6 Å². The molecular formula is C27H25N3O3S. The fourth-order valence-corrected chi connectivity index (χ4v) is 5.85. The average Bonchev–Trinajstić information content (AvgIpc) is 3.28. The van der Waals surface area contributed by atoms with Gasteiger partial charge < -0.3 is 9.72 Å². The Morgan fingerprint density at radius 2 is 1.94 bits per heavy atom. The third-order valence-electron chi connectivity index (χ3n) is 6.30. The Morgan fingerprint density at radius 1 is 1.18 bits per heavy atom. The van der Waals surface area contributed by atoms with E-state index < -0.39 is 6.04 Å². The predicted octanol–water partition coefficient (Wildman–Crippen LogP) is 3.93. The molecule has 1 atom stereocenters. The Labute approximate surface area is 200 Å². The Morgan fingerprint density at radius 3 is 2.62 bits per heavy atom. The van der Waals surface area contributed by atoms with Gasteiger partial charge in [0.25, 0.3) is 5.56 Å². The first-order valence-electron chi connectivity index (χ1n) is 11.1. The molecule has 34 heavy (non-hydrogen) atoms. The van der Waals surface area contributed by atoms with Crippen molar-refractivity contribution in [3.05, 3.63) is 95.9 Å². The van der Waals surface area contributed by atoms with Gasteiger partial charge in [-0.05, 0) is 62.2 Å². The fourth-order valence-electron chi connectivity index (χ4n) is 4.82. The molecule has 172 valence electrons. The van der Waals surface area contributed by atoms with E-state index in [2.05, 4.69) is 9.98 Å². The number of hydrogen-bond acceptors (Lipinski definition) is 5. The molecule has 4 aromatic rings. The number of aromatic nitrogens is 2. The number of fused-ring (bicyclic) bond motifs is 2. The maximum Gasteiger partial charge on any atom is 0.271 e. The number of ether oxygens (including phenoxy) is 1. The van der Waals surface area contributed by atoms with Gasteiger partial charge in [-0.2, -0.15) is 0 Å². The number of aromatic amines is 1. The summed E-state index contributed by atoms with van der Waals surface area (Å²) in [5, 5.41) is 1.95. The molecule has 3 heterocycles. The Balaban J connectivity index is 1.88. The number of carbonyl (C=O) groups excluding carboxylic acids is 1. The van der Waals surface area contributed by atoms with Crippen molar-refractivity contribution in [2.45, 2.75) is 33.7 Å². The SMILES string of the molecule is COc1ccc2ccccc2c1C1C(C(C)=O)=C(C)N=c2sc(=Cc3cc(C)[nH]c3C)c(=O)n21. The number of Topliss-reactive ketones (excluding diaryl/α,β-unsaturated/α-hetero) is 1. The van der Waals surface area contributed by atoms with Crippen LogP contribution in [0.3, 0.4) is 0 Å². The summed E-state index contributed by atoms with van der Waals surface area (Å²) in [7, 11) is 1.61. The summed E-state index contributed by atoms with van der Waals surface area (Å²) in [5.41, 5.74) is 4.73. The Kier molecular flexibility index (Phi) is 5.37. The topological polar surface area (TPSA) is 76.4 Å². The molecule has 1 aliphatic rings. The van der Waals surface area contributed by atoms with Crippen LogP contribution in [0.2, 0.25) is 0 Å². The molecule has 0 aliphatic carbocycles. The highest BCUT2D eigenvalue weighted by atomic mass is 32.1. The molecule has 0 radical (unpaired) electrons. The quantitative estimate of drug-likeness (QED) is 0.490. The number of rotatable bonds is 4. The lowest BCUT2D eigenvalue weighted by Crippen LogP contribution is -2.39. The van der Waals surface area contributed by atoms with Gasteiger partial charge in [-0.15, -0.1) is 0 Å². The van der Waals surface area contributed by atoms with Crippen molar-refractivity contribution in [3.63, 3.8) is 0 Å². The number of ketones is 1. The fraction of sp³-hybridized carbons (Fsp3) is 0.222. The third kappa shape index (κ3) is 3.44. The van der Waals surface area contributed by atoms with Crippen LogP contribution in [0, 0.1) is 13.8 Å². The minimum absolute atomic E-state index is 0.118. The Hall–Kier alpha value is -3.71. The average molecular weight is 472 g/mol. The number of allylic oxidation sites excluding steroid dienone is 2. The first-order valence-corrected chi connectivity index (χ1v) is 11.9. The van der Waals surface area contributed by atoms with Gasteiger partial charge in [0, 0.05) is 28.2 Å². The second kappa shape index (κ2) is 8.25. The van der Waals surface area contributed by atoms with Crippen molar-refractivity contribution >= 4 is 34.0 Å². The number of nitrogens with one attached hydrogen (secondary N) is 1. The lowest BCUT2D eigenvalue weighted by Gasteiger charge is -2.27. The molecule has 1 aliphatic heterocycles. The van der Waals surface area contributed by atoms with Crippen molar-refractivity contribution in [1.29, 1.82) is 0 Å². The summed E-state index contributed by atoms with van der Waals surface area (Å²) >= 11 is 1.34. The summed E-state index contributed by atoms with van der Waals surface area (Å²) in [4.78, 5) is 35.3. The first-order chi connectivity index (χ1) is 16.3. The van der Waals surface area contributed by atoms with Gasteiger partial charge in [0.2, 0.25) is 0 Å². The first kappa shape index (κ1) is 22.1. The van der Waals surface area contributed by atoms with E-state index in [1.165, 1.54) is 18.3 Å². The summed E-state index contributed by atoms with van der Waals surface area (Å²) in [6, 6.07) is 13.2. The summed E-state index contributed by atoms with van der Waals surface area (Å²) < 4.78 is 7.98. The zero-order chi connectivity index (χ0) is 24.1. The van der Waals surface area contributed by atoms with Gasteiger partial charge in [0.1, 0.15) is 5.75 Å². The molecule has 0 saturated carbocycles. The highest BCUT2D eigenvalue weighted by Gasteiger charge is 2.33. The lowest BCUT2D eigenvalue weighted by atomic mass is 9.89. The maximum atomic E-state index is 13.8. The van der Waals surface area contributed by atoms with E-state index in [4.69, 9.17) is 4.74 Å². The number of thiazole rings is 1. The van der Waals surface area contributed by atoms with E-state index in [9.17, 15) is 9.59 Å². The zero-order valence-corrected chi connectivity index (χ0v) is 20.5. The molecule has 0 amide bonds. The molecular weight excluding hydrogens is 446 g/mol. The van der Waals surface area contributed by atoms with Gasteiger partial charge >= 0.3 is 0 Å². The summed E-state index contributed by atoms with van der Waals surface area (Å²) in [6.45, 7) is 7.33. The molecule has 0 bridgehead atoms. The van der Waals surface area contributed by atoms with Crippen molar-refractivity contribution in [3.8, 4) is 5.75 Å². The third-order valence-corrected chi connectivity index (χ3v) is 7.28. The predicted molar refractivity (Wildman–Crippen MR) is 135 cm³/mol. The van der Waals surface area contributed by atoms with E-state index in [1.54, 1.807) is 11.7 Å². The van der Waals surface area contributed by atoms with Crippen LogP contribution in [0.15, 0.2) is 63.5 Å². The highest BCUT2D eigenvalue weighted by molar-refractivity contribution is 7.07. The standard InChI is InChI=1S/C27H25N3O3S/c1-14-12-19(15(2)28-14)13-22-26(32)30-25(23(17(4)31)16(3)29-27(30)34-22)24-20-9-7-6-8-18(20)10-11-21(24)33-5/h6-13,25,28H,1-5H3. The van der Waals surface area contributed by atoms with E-state index >= 15 is 0 Å². The molecule has 6 nitrogen and oxygen atoms in total. The van der Waals surface area contributed by atoms with Gasteiger partial charge in [0.05, 0.1) is 17.7 Å². The van der Waals surface area contributed by atoms with Crippen LogP contribution in [-0.2, 0) is 4.79 Å². The van der Waals surface area contributed by atoms with E-state index in [1.807, 2.05) is 69.3 Å². The number of hydrogen-bond donors (Lipinski definition) is 1. The number of nitrogens with zero attached hydrogens (tertiary/aromatic N) is 2. The number of carbonyl (C=O) groups is 1. The molecule has 2 aromatic heterocycles. The molecule has 2 aromatic carbocycles. The summed E-state index contributed by atoms with van der Waals surface area (Å²) in [5.74, 6) is 0.511. The second-order valence-corrected chi connectivity index (χ2v) is 9.58. The number of methoxy groups -OCH3 is 1. The number of H-pyrrole nitrogens is 1. The van der Waals surface area contributed by atoms with E-state index in [0.29, 0.717) is 26.4 Å². The molecule has 1 N–H and O–H groups in total. The van der Waals surface area contributed by atoms with Crippen molar-refractivity contribution < 1.29 is 9.53 Å². The summed E-state index contributed by atoms with van der Waals surface area (Å²) in [6.07, 6.45) is 1.90. The van der Waals surface area contributed by atoms with Crippen LogP contribution >= 0.6 is 11.3 Å². The Bertz CT molecular complexity index is 1680. The normalized spacial score (nSPS) is 16.0. The van der Waals surface area contributed by atoms with Crippen LogP contribution in [-0.4, -0.2) is 22.4 Å². The molecule has 1 unspecified atom stereocenters. The van der Waals surface area contributed by atoms with Gasteiger partial charge in [-0.3, -0.25) is 14.2 Å². The molecule has 0 spiro atoms. The maximum absolute atomic E-state index is 13.8.